The molecule has 0 aromatic heterocycles. The van der Waals surface area contributed by atoms with Gasteiger partial charge in [-0.25, -0.2) is 8.42 Å². The maximum Gasteiger partial charge on any atom is 0.243 e. The van der Waals surface area contributed by atoms with Crippen molar-refractivity contribution in [1.82, 2.24) is 10.2 Å². The zero-order valence-corrected chi connectivity index (χ0v) is 25.6. The van der Waals surface area contributed by atoms with E-state index in [4.69, 9.17) is 11.6 Å². The molecule has 3 aromatic carbocycles. The van der Waals surface area contributed by atoms with Gasteiger partial charge in [0.1, 0.15) is 6.04 Å². The molecule has 1 N–H and O–H groups in total. The van der Waals surface area contributed by atoms with Gasteiger partial charge in [-0.2, -0.15) is 0 Å². The summed E-state index contributed by atoms with van der Waals surface area (Å²) < 4.78 is 26.7. The van der Waals surface area contributed by atoms with Crippen molar-refractivity contribution >= 4 is 39.1 Å². The molecule has 7 nitrogen and oxygen atoms in total. The summed E-state index contributed by atoms with van der Waals surface area (Å²) in [6.07, 6.45) is 3.67. The second kappa shape index (κ2) is 15.6. The van der Waals surface area contributed by atoms with Gasteiger partial charge in [-0.05, 0) is 54.7 Å². The van der Waals surface area contributed by atoms with Gasteiger partial charge in [-0.1, -0.05) is 85.6 Å². The van der Waals surface area contributed by atoms with Gasteiger partial charge in [0.25, 0.3) is 0 Å². The Morgan fingerprint density at radius 2 is 1.61 bits per heavy atom. The normalized spacial score (nSPS) is 12.0. The Morgan fingerprint density at radius 1 is 0.927 bits per heavy atom. The molecule has 2 amide bonds. The van der Waals surface area contributed by atoms with Crippen LogP contribution in [0.2, 0.25) is 5.02 Å². The number of aryl methyl sites for hydroxylation is 1. The Morgan fingerprint density at radius 3 is 2.27 bits per heavy atom. The number of nitrogens with zero attached hydrogens (tertiary/aromatic N) is 2. The molecule has 3 aromatic rings. The minimum Gasteiger partial charge on any atom is -0.354 e. The highest BCUT2D eigenvalue weighted by molar-refractivity contribution is 7.92. The van der Waals surface area contributed by atoms with Gasteiger partial charge in [0.2, 0.25) is 21.8 Å². The topological polar surface area (TPSA) is 86.8 Å². The van der Waals surface area contributed by atoms with Crippen molar-refractivity contribution < 1.29 is 18.0 Å². The number of rotatable bonds is 15. The fraction of sp³-hybridized carbons (Fsp3) is 0.375. The molecule has 0 radical (unpaired) electrons. The highest BCUT2D eigenvalue weighted by atomic mass is 35.5. The molecule has 0 spiro atoms. The Hall–Kier alpha value is -3.36. The van der Waals surface area contributed by atoms with E-state index >= 15 is 0 Å². The lowest BCUT2D eigenvalue weighted by Crippen LogP contribution is -2.50. The zero-order valence-electron chi connectivity index (χ0n) is 24.1. The number of anilines is 1. The van der Waals surface area contributed by atoms with Crippen molar-refractivity contribution in [3.63, 3.8) is 0 Å². The molecule has 1 atom stereocenters. The number of hydrogen-bond acceptors (Lipinski definition) is 4. The van der Waals surface area contributed by atoms with Crippen molar-refractivity contribution in [3.05, 3.63) is 101 Å². The molecule has 0 fully saturated rings. The summed E-state index contributed by atoms with van der Waals surface area (Å²) in [7, 11) is -3.57. The number of halogens is 1. The molecule has 0 saturated carbocycles. The first-order valence-electron chi connectivity index (χ1n) is 14.0. The van der Waals surface area contributed by atoms with E-state index in [1.54, 1.807) is 29.2 Å². The molecule has 0 aliphatic heterocycles. The summed E-state index contributed by atoms with van der Waals surface area (Å²) in [5.41, 5.74) is 3.17. The molecular formula is C32H40ClN3O4S. The Labute approximate surface area is 249 Å². The van der Waals surface area contributed by atoms with Gasteiger partial charge in [0.15, 0.2) is 0 Å². The Kier molecular flexibility index (Phi) is 12.2. The minimum atomic E-state index is -3.57. The second-order valence-corrected chi connectivity index (χ2v) is 12.6. The van der Waals surface area contributed by atoms with Gasteiger partial charge < -0.3 is 10.2 Å². The highest BCUT2D eigenvalue weighted by Gasteiger charge is 2.30. The smallest absolute Gasteiger partial charge is 0.243 e. The van der Waals surface area contributed by atoms with Crippen LogP contribution >= 0.6 is 11.6 Å². The fourth-order valence-electron chi connectivity index (χ4n) is 4.72. The van der Waals surface area contributed by atoms with Crippen LogP contribution in [0.4, 0.5) is 5.69 Å². The lowest BCUT2D eigenvalue weighted by atomic mass is 10.0. The predicted octanol–water partition coefficient (Wildman–Crippen LogP) is 5.75. The number of hydrogen-bond donors (Lipinski definition) is 1. The summed E-state index contributed by atoms with van der Waals surface area (Å²) in [6, 6.07) is 23.4. The molecule has 0 heterocycles. The molecule has 0 unspecified atom stereocenters. The van der Waals surface area contributed by atoms with Gasteiger partial charge in [-0.15, -0.1) is 0 Å². The number of unbranched alkanes of at least 4 members (excludes halogenated alkanes) is 1. The summed E-state index contributed by atoms with van der Waals surface area (Å²) >= 11 is 6.25. The molecule has 0 aliphatic rings. The van der Waals surface area contributed by atoms with Crippen LogP contribution in [0.5, 0.6) is 0 Å². The Bertz CT molecular complexity index is 1400. The van der Waals surface area contributed by atoms with E-state index in [2.05, 4.69) is 12.2 Å². The fourth-order valence-corrected chi connectivity index (χ4v) is 5.95. The zero-order chi connectivity index (χ0) is 29.8. The van der Waals surface area contributed by atoms with Crippen LogP contribution in [-0.4, -0.2) is 50.5 Å². The van der Waals surface area contributed by atoms with Crippen molar-refractivity contribution in [3.8, 4) is 0 Å². The predicted molar refractivity (Wildman–Crippen MR) is 166 cm³/mol. The van der Waals surface area contributed by atoms with Crippen LogP contribution in [0.25, 0.3) is 0 Å². The summed E-state index contributed by atoms with van der Waals surface area (Å²) in [4.78, 5) is 29.0. The van der Waals surface area contributed by atoms with E-state index in [-0.39, 0.29) is 31.3 Å². The lowest BCUT2D eigenvalue weighted by Gasteiger charge is -2.32. The van der Waals surface area contributed by atoms with Crippen LogP contribution < -0.4 is 9.62 Å². The van der Waals surface area contributed by atoms with Crippen molar-refractivity contribution in [1.29, 1.82) is 0 Å². The average Bonchev–Trinajstić information content (AvgIpc) is 2.93. The third-order valence-corrected chi connectivity index (χ3v) is 8.29. The van der Waals surface area contributed by atoms with E-state index in [0.717, 1.165) is 29.5 Å². The number of benzene rings is 3. The van der Waals surface area contributed by atoms with E-state index in [0.29, 0.717) is 30.1 Å². The monoisotopic (exact) mass is 597 g/mol. The molecule has 9 heteroatoms. The molecular weight excluding hydrogens is 558 g/mol. The quantitative estimate of drug-likeness (QED) is 0.226. The number of carbonyl (C=O) groups is 2. The van der Waals surface area contributed by atoms with Crippen molar-refractivity contribution in [2.24, 2.45) is 0 Å². The van der Waals surface area contributed by atoms with Crippen LogP contribution in [0.1, 0.15) is 49.3 Å². The van der Waals surface area contributed by atoms with E-state index < -0.39 is 16.1 Å². The number of amides is 2. The van der Waals surface area contributed by atoms with Crippen molar-refractivity contribution in [2.75, 3.05) is 23.7 Å². The van der Waals surface area contributed by atoms with Gasteiger partial charge in [0, 0.05) is 37.5 Å². The minimum absolute atomic E-state index is 0.0754. The maximum atomic E-state index is 13.9. The molecule has 0 saturated heterocycles. The Balaban J connectivity index is 1.88. The highest BCUT2D eigenvalue weighted by Crippen LogP contribution is 2.23. The van der Waals surface area contributed by atoms with Crippen LogP contribution in [0, 0.1) is 6.92 Å². The largest absolute Gasteiger partial charge is 0.354 e. The van der Waals surface area contributed by atoms with Crippen LogP contribution in [-0.2, 0) is 32.6 Å². The average molecular weight is 598 g/mol. The third kappa shape index (κ3) is 9.90. The summed E-state index contributed by atoms with van der Waals surface area (Å²) in [6.45, 7) is 4.79. The van der Waals surface area contributed by atoms with Crippen LogP contribution in [0.15, 0.2) is 78.9 Å². The lowest BCUT2D eigenvalue weighted by molar-refractivity contribution is -0.141. The molecule has 3 rings (SSSR count). The van der Waals surface area contributed by atoms with E-state index in [9.17, 15) is 18.0 Å². The number of para-hydroxylation sites is 1. The second-order valence-electron chi connectivity index (χ2n) is 10.2. The van der Waals surface area contributed by atoms with E-state index in [1.807, 2.05) is 61.5 Å². The number of sulfonamides is 1. The summed E-state index contributed by atoms with van der Waals surface area (Å²) in [5, 5.41) is 3.56. The standard InChI is InChI=1S/C32H40ClN3O4S/c1-4-5-20-34-32(38)30(23-26-14-7-6-8-15-26)35(24-27-16-11-17-28(33)22-27)31(37)19-12-21-36(41(3,39)40)29-18-10-9-13-25(29)2/h6-11,13-18,22,30H,4-5,12,19-21,23-24H2,1-3H3,(H,34,38)/t30-/m1/s1. The third-order valence-electron chi connectivity index (χ3n) is 6.88. The SMILES string of the molecule is CCCCNC(=O)[C@@H](Cc1ccccc1)N(Cc1cccc(Cl)c1)C(=O)CCCN(c1ccccc1C)S(C)(=O)=O. The number of carbonyl (C=O) groups excluding carboxylic acids is 2. The first-order valence-corrected chi connectivity index (χ1v) is 16.2. The van der Waals surface area contributed by atoms with Gasteiger partial charge in [-0.3, -0.25) is 13.9 Å². The van der Waals surface area contributed by atoms with Crippen LogP contribution in [0.3, 0.4) is 0 Å². The van der Waals surface area contributed by atoms with Crippen molar-refractivity contribution in [2.45, 2.75) is 58.5 Å². The summed E-state index contributed by atoms with van der Waals surface area (Å²) in [5.74, 6) is -0.440. The molecule has 220 valence electrons. The number of nitrogens with one attached hydrogen (secondary N) is 1. The van der Waals surface area contributed by atoms with Gasteiger partial charge in [0.05, 0.1) is 11.9 Å². The maximum absolute atomic E-state index is 13.9. The van der Waals surface area contributed by atoms with E-state index in [1.165, 1.54) is 10.6 Å². The first-order chi connectivity index (χ1) is 19.6. The molecule has 0 aliphatic carbocycles. The van der Waals surface area contributed by atoms with Gasteiger partial charge >= 0.3 is 0 Å². The first kappa shape index (κ1) is 32.2. The molecule has 41 heavy (non-hydrogen) atoms. The molecule has 0 bridgehead atoms.